The van der Waals surface area contributed by atoms with Crippen molar-refractivity contribution in [2.24, 2.45) is 0 Å². The van der Waals surface area contributed by atoms with E-state index in [-0.39, 0.29) is 5.91 Å². The van der Waals surface area contributed by atoms with Gasteiger partial charge in [0, 0.05) is 19.0 Å². The van der Waals surface area contributed by atoms with Crippen LogP contribution in [-0.4, -0.2) is 25.0 Å². The van der Waals surface area contributed by atoms with Crippen LogP contribution >= 0.6 is 0 Å². The monoisotopic (exact) mass is 170 g/mol. The predicted octanol–water partition coefficient (Wildman–Crippen LogP) is 0.655. The van der Waals surface area contributed by atoms with Crippen molar-refractivity contribution < 1.29 is 4.79 Å². The third-order valence-corrected chi connectivity index (χ3v) is 2.28. The Hall–Kier alpha value is -0.570. The standard InChI is InChI=1S/C9H18N2O/c1-2-9(12)11-7-8-5-3-4-6-10-8/h8,10H,2-7H2,1H3,(H,11,12). The van der Waals surface area contributed by atoms with Crippen LogP contribution in [0.1, 0.15) is 32.6 Å². The van der Waals surface area contributed by atoms with Crippen LogP contribution in [0.3, 0.4) is 0 Å². The summed E-state index contributed by atoms with van der Waals surface area (Å²) in [6, 6.07) is 0.509. The van der Waals surface area contributed by atoms with Crippen LogP contribution in [0.2, 0.25) is 0 Å². The quantitative estimate of drug-likeness (QED) is 0.653. The number of piperidine rings is 1. The van der Waals surface area contributed by atoms with Crippen LogP contribution < -0.4 is 10.6 Å². The highest BCUT2D eigenvalue weighted by Gasteiger charge is 2.12. The molecule has 0 aromatic heterocycles. The molecule has 0 radical (unpaired) electrons. The Morgan fingerprint density at radius 2 is 2.42 bits per heavy atom. The Kier molecular flexibility index (Phi) is 4.08. The predicted molar refractivity (Wildman–Crippen MR) is 48.9 cm³/mol. The SMILES string of the molecule is CCC(=O)NCC1CCCCN1. The normalized spacial score (nSPS) is 23.6. The average molecular weight is 170 g/mol. The first-order valence-electron chi connectivity index (χ1n) is 4.83. The molecule has 1 saturated heterocycles. The van der Waals surface area contributed by atoms with Gasteiger partial charge in [-0.15, -0.1) is 0 Å². The Balaban J connectivity index is 2.09. The van der Waals surface area contributed by atoms with Gasteiger partial charge in [0.2, 0.25) is 5.91 Å². The lowest BCUT2D eigenvalue weighted by Crippen LogP contribution is -2.43. The molecule has 0 saturated carbocycles. The number of rotatable bonds is 3. The van der Waals surface area contributed by atoms with E-state index in [1.807, 2.05) is 6.92 Å². The Morgan fingerprint density at radius 3 is 3.00 bits per heavy atom. The molecule has 1 amide bonds. The van der Waals surface area contributed by atoms with Gasteiger partial charge in [-0.05, 0) is 19.4 Å². The molecule has 1 fully saturated rings. The smallest absolute Gasteiger partial charge is 0.219 e. The summed E-state index contributed by atoms with van der Waals surface area (Å²) in [5.74, 6) is 0.155. The zero-order chi connectivity index (χ0) is 8.81. The second-order valence-corrected chi connectivity index (χ2v) is 3.30. The minimum Gasteiger partial charge on any atom is -0.355 e. The lowest BCUT2D eigenvalue weighted by atomic mass is 10.1. The molecular formula is C9H18N2O. The van der Waals surface area contributed by atoms with E-state index in [1.54, 1.807) is 0 Å². The van der Waals surface area contributed by atoms with Crippen molar-refractivity contribution in [1.29, 1.82) is 0 Å². The summed E-state index contributed by atoms with van der Waals surface area (Å²) in [7, 11) is 0. The Labute approximate surface area is 73.9 Å². The molecule has 1 heterocycles. The summed E-state index contributed by atoms with van der Waals surface area (Å²) in [6.07, 6.45) is 4.36. The van der Waals surface area contributed by atoms with E-state index in [2.05, 4.69) is 10.6 Å². The Morgan fingerprint density at radius 1 is 1.58 bits per heavy atom. The molecule has 12 heavy (non-hydrogen) atoms. The van der Waals surface area contributed by atoms with E-state index in [0.717, 1.165) is 13.1 Å². The fourth-order valence-electron chi connectivity index (χ4n) is 1.46. The minimum absolute atomic E-state index is 0.155. The van der Waals surface area contributed by atoms with Crippen molar-refractivity contribution in [2.75, 3.05) is 13.1 Å². The first kappa shape index (κ1) is 9.52. The maximum Gasteiger partial charge on any atom is 0.219 e. The number of carbonyl (C=O) groups excluding carboxylic acids is 1. The fraction of sp³-hybridized carbons (Fsp3) is 0.889. The van der Waals surface area contributed by atoms with Gasteiger partial charge >= 0.3 is 0 Å². The van der Waals surface area contributed by atoms with Crippen molar-refractivity contribution in [3.8, 4) is 0 Å². The molecule has 0 bridgehead atoms. The van der Waals surface area contributed by atoms with Crippen LogP contribution in [0.15, 0.2) is 0 Å². The van der Waals surface area contributed by atoms with Gasteiger partial charge in [0.05, 0.1) is 0 Å². The molecule has 70 valence electrons. The first-order chi connectivity index (χ1) is 5.83. The molecular weight excluding hydrogens is 152 g/mol. The van der Waals surface area contributed by atoms with Crippen molar-refractivity contribution in [1.82, 2.24) is 10.6 Å². The van der Waals surface area contributed by atoms with Gasteiger partial charge in [0.1, 0.15) is 0 Å². The van der Waals surface area contributed by atoms with E-state index >= 15 is 0 Å². The molecule has 1 atom stereocenters. The van der Waals surface area contributed by atoms with Gasteiger partial charge < -0.3 is 10.6 Å². The zero-order valence-electron chi connectivity index (χ0n) is 7.73. The molecule has 3 nitrogen and oxygen atoms in total. The average Bonchev–Trinajstić information content (AvgIpc) is 2.16. The second-order valence-electron chi connectivity index (χ2n) is 3.30. The molecule has 0 spiro atoms. The van der Waals surface area contributed by atoms with E-state index in [4.69, 9.17) is 0 Å². The largest absolute Gasteiger partial charge is 0.355 e. The first-order valence-corrected chi connectivity index (χ1v) is 4.83. The number of hydrogen-bond acceptors (Lipinski definition) is 2. The molecule has 1 unspecified atom stereocenters. The molecule has 1 aliphatic rings. The zero-order valence-corrected chi connectivity index (χ0v) is 7.73. The van der Waals surface area contributed by atoms with Gasteiger partial charge in [-0.25, -0.2) is 0 Å². The molecule has 3 heteroatoms. The van der Waals surface area contributed by atoms with Gasteiger partial charge in [0.15, 0.2) is 0 Å². The van der Waals surface area contributed by atoms with Crippen molar-refractivity contribution in [3.63, 3.8) is 0 Å². The van der Waals surface area contributed by atoms with E-state index in [1.165, 1.54) is 19.3 Å². The van der Waals surface area contributed by atoms with Gasteiger partial charge in [-0.2, -0.15) is 0 Å². The maximum atomic E-state index is 10.9. The molecule has 1 aliphatic heterocycles. The third-order valence-electron chi connectivity index (χ3n) is 2.28. The highest BCUT2D eigenvalue weighted by Crippen LogP contribution is 2.05. The molecule has 0 aromatic rings. The second kappa shape index (κ2) is 5.14. The van der Waals surface area contributed by atoms with Crippen molar-refractivity contribution in [3.05, 3.63) is 0 Å². The summed E-state index contributed by atoms with van der Waals surface area (Å²) in [5.41, 5.74) is 0. The summed E-state index contributed by atoms with van der Waals surface area (Å²) < 4.78 is 0. The summed E-state index contributed by atoms with van der Waals surface area (Å²) in [5, 5.41) is 6.28. The van der Waals surface area contributed by atoms with Crippen LogP contribution in [0.5, 0.6) is 0 Å². The van der Waals surface area contributed by atoms with E-state index in [0.29, 0.717) is 12.5 Å². The van der Waals surface area contributed by atoms with E-state index in [9.17, 15) is 4.79 Å². The number of carbonyl (C=O) groups is 1. The fourth-order valence-corrected chi connectivity index (χ4v) is 1.46. The molecule has 0 aliphatic carbocycles. The molecule has 1 rings (SSSR count). The number of nitrogens with one attached hydrogen (secondary N) is 2. The lowest BCUT2D eigenvalue weighted by molar-refractivity contribution is -0.120. The van der Waals surface area contributed by atoms with Crippen molar-refractivity contribution in [2.45, 2.75) is 38.6 Å². The van der Waals surface area contributed by atoms with Crippen molar-refractivity contribution >= 4 is 5.91 Å². The summed E-state index contributed by atoms with van der Waals surface area (Å²) in [4.78, 5) is 10.9. The molecule has 2 N–H and O–H groups in total. The number of amides is 1. The van der Waals surface area contributed by atoms with Crippen LogP contribution in [0.25, 0.3) is 0 Å². The highest BCUT2D eigenvalue weighted by molar-refractivity contribution is 5.75. The molecule has 0 aromatic carbocycles. The van der Waals surface area contributed by atoms with E-state index < -0.39 is 0 Å². The van der Waals surface area contributed by atoms with Gasteiger partial charge in [-0.3, -0.25) is 4.79 Å². The summed E-state index contributed by atoms with van der Waals surface area (Å²) in [6.45, 7) is 3.78. The lowest BCUT2D eigenvalue weighted by Gasteiger charge is -2.23. The number of hydrogen-bond donors (Lipinski definition) is 2. The van der Waals surface area contributed by atoms with Crippen LogP contribution in [-0.2, 0) is 4.79 Å². The highest BCUT2D eigenvalue weighted by atomic mass is 16.1. The minimum atomic E-state index is 0.155. The topological polar surface area (TPSA) is 41.1 Å². The van der Waals surface area contributed by atoms with Gasteiger partial charge in [0.25, 0.3) is 0 Å². The van der Waals surface area contributed by atoms with Crippen LogP contribution in [0.4, 0.5) is 0 Å². The summed E-state index contributed by atoms with van der Waals surface area (Å²) >= 11 is 0. The Bertz CT molecular complexity index is 141. The third kappa shape index (κ3) is 3.22. The van der Waals surface area contributed by atoms with Gasteiger partial charge in [-0.1, -0.05) is 13.3 Å². The van der Waals surface area contributed by atoms with Crippen LogP contribution in [0, 0.1) is 0 Å². The maximum absolute atomic E-state index is 10.9.